The highest BCUT2D eigenvalue weighted by molar-refractivity contribution is 7.89. The molecule has 3 rings (SSSR count). The summed E-state index contributed by atoms with van der Waals surface area (Å²) >= 11 is 0. The van der Waals surface area contributed by atoms with Crippen LogP contribution in [0, 0.1) is 5.92 Å². The van der Waals surface area contributed by atoms with Crippen molar-refractivity contribution in [2.75, 3.05) is 26.7 Å². The van der Waals surface area contributed by atoms with Gasteiger partial charge >= 0.3 is 0 Å². The van der Waals surface area contributed by atoms with Crippen LogP contribution < -0.4 is 5.32 Å². The van der Waals surface area contributed by atoms with Crippen LogP contribution in [-0.4, -0.2) is 49.0 Å². The number of aromatic nitrogens is 2. The van der Waals surface area contributed by atoms with E-state index in [1.165, 1.54) is 0 Å². The molecular formula is C14H24N4O2S. The standard InChI is InChI=1S/C14H24N4O2S/c1-15-9-12-5-4-8-18(10-12)21(19,20)14-11-17-7-3-2-6-13(17)16-14/h11-12,15H,2-10H2,1H3. The van der Waals surface area contributed by atoms with Crippen LogP contribution in [0.4, 0.5) is 0 Å². The molecule has 0 amide bonds. The molecule has 1 aromatic heterocycles. The van der Waals surface area contributed by atoms with Crippen LogP contribution in [0.5, 0.6) is 0 Å². The monoisotopic (exact) mass is 312 g/mol. The Bertz CT molecular complexity index is 571. The smallest absolute Gasteiger partial charge is 0.262 e. The number of imidazole rings is 1. The lowest BCUT2D eigenvalue weighted by Crippen LogP contribution is -2.42. The van der Waals surface area contributed by atoms with Crippen LogP contribution >= 0.6 is 0 Å². The zero-order valence-electron chi connectivity index (χ0n) is 12.6. The normalized spacial score (nSPS) is 24.0. The van der Waals surface area contributed by atoms with Crippen LogP contribution in [0.3, 0.4) is 0 Å². The molecule has 118 valence electrons. The quantitative estimate of drug-likeness (QED) is 0.894. The molecule has 2 aliphatic rings. The molecule has 0 bridgehead atoms. The first-order valence-corrected chi connectivity index (χ1v) is 9.26. The number of nitrogens with one attached hydrogen (secondary N) is 1. The molecule has 0 spiro atoms. The van der Waals surface area contributed by atoms with Gasteiger partial charge in [0.25, 0.3) is 10.0 Å². The molecule has 1 aromatic rings. The van der Waals surface area contributed by atoms with E-state index >= 15 is 0 Å². The van der Waals surface area contributed by atoms with Gasteiger partial charge in [0.15, 0.2) is 5.03 Å². The second kappa shape index (κ2) is 6.06. The van der Waals surface area contributed by atoms with Crippen molar-refractivity contribution < 1.29 is 8.42 Å². The van der Waals surface area contributed by atoms with E-state index in [2.05, 4.69) is 10.3 Å². The summed E-state index contributed by atoms with van der Waals surface area (Å²) in [6.07, 6.45) is 6.84. The van der Waals surface area contributed by atoms with Gasteiger partial charge in [-0.3, -0.25) is 0 Å². The summed E-state index contributed by atoms with van der Waals surface area (Å²) in [5.41, 5.74) is 0. The molecular weight excluding hydrogens is 288 g/mol. The average molecular weight is 312 g/mol. The predicted molar refractivity (Wildman–Crippen MR) is 80.6 cm³/mol. The maximum Gasteiger partial charge on any atom is 0.262 e. The Morgan fingerprint density at radius 3 is 2.95 bits per heavy atom. The van der Waals surface area contributed by atoms with Crippen LogP contribution in [0.15, 0.2) is 11.2 Å². The van der Waals surface area contributed by atoms with Crippen molar-refractivity contribution >= 4 is 10.0 Å². The van der Waals surface area contributed by atoms with Gasteiger partial charge in [-0.05, 0) is 45.2 Å². The average Bonchev–Trinajstić information content (AvgIpc) is 2.92. The number of hydrogen-bond donors (Lipinski definition) is 1. The molecule has 21 heavy (non-hydrogen) atoms. The fourth-order valence-corrected chi connectivity index (χ4v) is 4.87. The van der Waals surface area contributed by atoms with Gasteiger partial charge in [0, 0.05) is 32.3 Å². The zero-order valence-corrected chi connectivity index (χ0v) is 13.4. The van der Waals surface area contributed by atoms with Gasteiger partial charge in [-0.15, -0.1) is 0 Å². The van der Waals surface area contributed by atoms with Crippen molar-refractivity contribution in [1.29, 1.82) is 0 Å². The summed E-state index contributed by atoms with van der Waals surface area (Å²) in [7, 11) is -1.52. The Kier molecular flexibility index (Phi) is 4.33. The maximum atomic E-state index is 12.8. The van der Waals surface area contributed by atoms with E-state index in [4.69, 9.17) is 0 Å². The number of piperidine rings is 1. The van der Waals surface area contributed by atoms with E-state index < -0.39 is 10.0 Å². The topological polar surface area (TPSA) is 67.2 Å². The number of hydrogen-bond acceptors (Lipinski definition) is 4. The lowest BCUT2D eigenvalue weighted by molar-refractivity contribution is 0.263. The van der Waals surface area contributed by atoms with Crippen molar-refractivity contribution in [2.45, 2.75) is 43.7 Å². The van der Waals surface area contributed by atoms with Gasteiger partial charge in [-0.2, -0.15) is 4.31 Å². The van der Waals surface area contributed by atoms with Crippen LogP contribution in [0.2, 0.25) is 0 Å². The molecule has 7 heteroatoms. The lowest BCUT2D eigenvalue weighted by Gasteiger charge is -2.31. The predicted octanol–water partition coefficient (Wildman–Crippen LogP) is 0.839. The highest BCUT2D eigenvalue weighted by Crippen LogP contribution is 2.24. The SMILES string of the molecule is CNCC1CCCN(S(=O)(=O)c2cn3c(n2)CCCC3)C1. The highest BCUT2D eigenvalue weighted by Gasteiger charge is 2.32. The Labute approximate surface area is 126 Å². The number of sulfonamides is 1. The zero-order chi connectivity index (χ0) is 14.9. The Morgan fingerprint density at radius 1 is 1.33 bits per heavy atom. The van der Waals surface area contributed by atoms with Gasteiger partial charge in [0.05, 0.1) is 0 Å². The van der Waals surface area contributed by atoms with E-state index in [0.717, 1.165) is 51.0 Å². The van der Waals surface area contributed by atoms with Gasteiger partial charge in [0.2, 0.25) is 0 Å². The molecule has 1 unspecified atom stereocenters. The maximum absolute atomic E-state index is 12.8. The summed E-state index contributed by atoms with van der Waals surface area (Å²) < 4.78 is 29.2. The molecule has 6 nitrogen and oxygen atoms in total. The third-order valence-electron chi connectivity index (χ3n) is 4.47. The first-order valence-electron chi connectivity index (χ1n) is 7.82. The third kappa shape index (κ3) is 3.00. The Morgan fingerprint density at radius 2 is 2.19 bits per heavy atom. The van der Waals surface area contributed by atoms with Crippen LogP contribution in [-0.2, 0) is 23.0 Å². The first kappa shape index (κ1) is 15.0. The molecule has 1 atom stereocenters. The summed E-state index contributed by atoms with van der Waals surface area (Å²) in [6.45, 7) is 2.97. The highest BCUT2D eigenvalue weighted by atomic mass is 32.2. The Hall–Kier alpha value is -0.920. The molecule has 1 saturated heterocycles. The molecule has 1 fully saturated rings. The largest absolute Gasteiger partial charge is 0.333 e. The minimum atomic E-state index is -3.43. The number of rotatable bonds is 4. The summed E-state index contributed by atoms with van der Waals surface area (Å²) in [5.74, 6) is 1.32. The lowest BCUT2D eigenvalue weighted by atomic mass is 10.00. The van der Waals surface area contributed by atoms with Crippen LogP contribution in [0.1, 0.15) is 31.5 Å². The van der Waals surface area contributed by atoms with Gasteiger partial charge < -0.3 is 9.88 Å². The fraction of sp³-hybridized carbons (Fsp3) is 0.786. The van der Waals surface area contributed by atoms with E-state index in [1.54, 1.807) is 10.5 Å². The fourth-order valence-electron chi connectivity index (χ4n) is 3.34. The second-order valence-electron chi connectivity index (χ2n) is 6.07. The molecule has 0 aromatic carbocycles. The Balaban J connectivity index is 1.81. The van der Waals surface area contributed by atoms with E-state index in [9.17, 15) is 8.42 Å². The summed E-state index contributed by atoms with van der Waals surface area (Å²) in [6, 6.07) is 0. The molecule has 0 saturated carbocycles. The first-order chi connectivity index (χ1) is 10.1. The molecule has 0 radical (unpaired) electrons. The minimum absolute atomic E-state index is 0.240. The van der Waals surface area contributed by atoms with Gasteiger partial charge in [-0.25, -0.2) is 13.4 Å². The van der Waals surface area contributed by atoms with Crippen molar-refractivity contribution in [3.05, 3.63) is 12.0 Å². The number of fused-ring (bicyclic) bond motifs is 1. The van der Waals surface area contributed by atoms with E-state index in [0.29, 0.717) is 19.0 Å². The van der Waals surface area contributed by atoms with Crippen molar-refractivity contribution in [3.63, 3.8) is 0 Å². The summed E-state index contributed by atoms with van der Waals surface area (Å²) in [5, 5.41) is 3.39. The van der Waals surface area contributed by atoms with Crippen molar-refractivity contribution in [3.8, 4) is 0 Å². The third-order valence-corrected chi connectivity index (χ3v) is 6.20. The molecule has 1 N–H and O–H groups in total. The summed E-state index contributed by atoms with van der Waals surface area (Å²) in [4.78, 5) is 4.39. The number of aryl methyl sites for hydroxylation is 2. The van der Waals surface area contributed by atoms with Gasteiger partial charge in [-0.1, -0.05) is 0 Å². The second-order valence-corrected chi connectivity index (χ2v) is 7.96. The molecule has 0 aliphatic carbocycles. The van der Waals surface area contributed by atoms with Crippen LogP contribution in [0.25, 0.3) is 0 Å². The molecule has 2 aliphatic heterocycles. The molecule has 3 heterocycles. The van der Waals surface area contributed by atoms with Gasteiger partial charge in [0.1, 0.15) is 5.82 Å². The van der Waals surface area contributed by atoms with Crippen molar-refractivity contribution in [1.82, 2.24) is 19.2 Å². The van der Waals surface area contributed by atoms with E-state index in [-0.39, 0.29) is 5.03 Å². The van der Waals surface area contributed by atoms with E-state index in [1.807, 2.05) is 11.6 Å². The number of nitrogens with zero attached hydrogens (tertiary/aromatic N) is 3. The van der Waals surface area contributed by atoms with Crippen molar-refractivity contribution in [2.24, 2.45) is 5.92 Å². The minimum Gasteiger partial charge on any atom is -0.333 e.